The Morgan fingerprint density at radius 1 is 1.17 bits per heavy atom. The van der Waals surface area contributed by atoms with Gasteiger partial charge in [-0.2, -0.15) is 0 Å². The number of aromatic nitrogens is 2. The molecule has 6 nitrogen and oxygen atoms in total. The van der Waals surface area contributed by atoms with Gasteiger partial charge >= 0.3 is 0 Å². The standard InChI is InChI=1S/C14H11F2N3O3S2/c1-7-11(6-12(23-7)14-18-17-8(2)22-14)19-24(20,21)13-4-3-9(15)5-10(13)16/h3-6,19H,1-2H3. The number of sulfonamides is 1. The number of anilines is 1. The highest BCUT2D eigenvalue weighted by atomic mass is 32.2. The average Bonchev–Trinajstić information content (AvgIpc) is 3.05. The van der Waals surface area contributed by atoms with Crippen LogP contribution in [0.1, 0.15) is 10.8 Å². The van der Waals surface area contributed by atoms with E-state index < -0.39 is 26.6 Å². The molecule has 0 saturated carbocycles. The van der Waals surface area contributed by atoms with Crippen molar-refractivity contribution in [1.82, 2.24) is 10.2 Å². The fourth-order valence-electron chi connectivity index (χ4n) is 1.98. The second-order valence-corrected chi connectivity index (χ2v) is 7.79. The molecule has 24 heavy (non-hydrogen) atoms. The molecule has 0 spiro atoms. The minimum atomic E-state index is -4.20. The van der Waals surface area contributed by atoms with E-state index in [0.717, 1.165) is 12.1 Å². The molecule has 0 bridgehead atoms. The van der Waals surface area contributed by atoms with Gasteiger partial charge in [-0.15, -0.1) is 21.5 Å². The van der Waals surface area contributed by atoms with Crippen LogP contribution in [-0.4, -0.2) is 18.6 Å². The van der Waals surface area contributed by atoms with Gasteiger partial charge in [0.05, 0.1) is 10.6 Å². The van der Waals surface area contributed by atoms with Crippen LogP contribution in [0.4, 0.5) is 14.5 Å². The lowest BCUT2D eigenvalue weighted by atomic mass is 10.3. The average molecular weight is 371 g/mol. The molecule has 0 aliphatic heterocycles. The van der Waals surface area contributed by atoms with Gasteiger partial charge in [-0.25, -0.2) is 17.2 Å². The Hall–Kier alpha value is -2.33. The van der Waals surface area contributed by atoms with E-state index >= 15 is 0 Å². The summed E-state index contributed by atoms with van der Waals surface area (Å²) in [7, 11) is -4.20. The highest BCUT2D eigenvalue weighted by Gasteiger charge is 2.22. The summed E-state index contributed by atoms with van der Waals surface area (Å²) in [6.45, 7) is 3.33. The van der Waals surface area contributed by atoms with Crippen molar-refractivity contribution in [3.63, 3.8) is 0 Å². The minimum Gasteiger partial charge on any atom is -0.420 e. The molecule has 0 radical (unpaired) electrons. The highest BCUT2D eigenvalue weighted by Crippen LogP contribution is 2.34. The van der Waals surface area contributed by atoms with Crippen LogP contribution in [0.15, 0.2) is 33.6 Å². The maximum atomic E-state index is 13.7. The molecule has 1 N–H and O–H groups in total. The monoisotopic (exact) mass is 371 g/mol. The van der Waals surface area contributed by atoms with Crippen molar-refractivity contribution in [3.05, 3.63) is 46.7 Å². The van der Waals surface area contributed by atoms with Gasteiger partial charge in [-0.3, -0.25) is 4.72 Å². The lowest BCUT2D eigenvalue weighted by Gasteiger charge is -2.08. The van der Waals surface area contributed by atoms with E-state index in [1.54, 1.807) is 13.8 Å². The van der Waals surface area contributed by atoms with Crippen LogP contribution in [-0.2, 0) is 10.0 Å². The van der Waals surface area contributed by atoms with Gasteiger partial charge in [0.2, 0.25) is 5.89 Å². The molecule has 0 aliphatic carbocycles. The molecular formula is C14H11F2N3O3S2. The SMILES string of the molecule is Cc1nnc(-c2cc(NS(=O)(=O)c3ccc(F)cc3F)c(C)s2)o1. The summed E-state index contributed by atoms with van der Waals surface area (Å²) in [6, 6.07) is 3.79. The summed E-state index contributed by atoms with van der Waals surface area (Å²) in [4.78, 5) is 0.571. The summed E-state index contributed by atoms with van der Waals surface area (Å²) in [5.74, 6) is -1.37. The molecule has 3 aromatic rings. The Bertz CT molecular complexity index is 1010. The first-order valence-electron chi connectivity index (χ1n) is 6.65. The number of nitrogens with one attached hydrogen (secondary N) is 1. The summed E-state index contributed by atoms with van der Waals surface area (Å²) in [5.41, 5.74) is 0.259. The maximum absolute atomic E-state index is 13.7. The molecule has 0 amide bonds. The van der Waals surface area contributed by atoms with E-state index in [1.165, 1.54) is 17.4 Å². The fourth-order valence-corrected chi connectivity index (χ4v) is 4.11. The molecule has 0 fully saturated rings. The third-order valence-corrected chi connectivity index (χ3v) is 5.52. The van der Waals surface area contributed by atoms with Crippen LogP contribution in [0.2, 0.25) is 0 Å². The van der Waals surface area contributed by atoms with E-state index in [9.17, 15) is 17.2 Å². The molecular weight excluding hydrogens is 360 g/mol. The zero-order chi connectivity index (χ0) is 17.5. The molecule has 10 heteroatoms. The maximum Gasteiger partial charge on any atom is 0.264 e. The van der Waals surface area contributed by atoms with Crippen molar-refractivity contribution < 1.29 is 21.6 Å². The Balaban J connectivity index is 1.94. The smallest absolute Gasteiger partial charge is 0.264 e. The lowest BCUT2D eigenvalue weighted by molar-refractivity contribution is 0.534. The van der Waals surface area contributed by atoms with E-state index in [-0.39, 0.29) is 11.6 Å². The van der Waals surface area contributed by atoms with Crippen LogP contribution in [0.5, 0.6) is 0 Å². The molecule has 1 aromatic carbocycles. The first kappa shape index (κ1) is 16.5. The van der Waals surface area contributed by atoms with E-state index in [2.05, 4.69) is 14.9 Å². The topological polar surface area (TPSA) is 85.1 Å². The number of thiophene rings is 1. The van der Waals surface area contributed by atoms with Crippen molar-refractivity contribution in [2.45, 2.75) is 18.7 Å². The van der Waals surface area contributed by atoms with Crippen molar-refractivity contribution in [1.29, 1.82) is 0 Å². The molecule has 0 aliphatic rings. The first-order chi connectivity index (χ1) is 11.3. The summed E-state index contributed by atoms with van der Waals surface area (Å²) in [6.07, 6.45) is 0. The Morgan fingerprint density at radius 2 is 1.92 bits per heavy atom. The largest absolute Gasteiger partial charge is 0.420 e. The fraction of sp³-hybridized carbons (Fsp3) is 0.143. The summed E-state index contributed by atoms with van der Waals surface area (Å²) < 4.78 is 58.9. The van der Waals surface area contributed by atoms with Gasteiger partial charge in [0, 0.05) is 17.9 Å². The molecule has 126 valence electrons. The third kappa shape index (κ3) is 3.15. The van der Waals surface area contributed by atoms with Crippen LogP contribution < -0.4 is 4.72 Å². The lowest BCUT2D eigenvalue weighted by Crippen LogP contribution is -2.14. The highest BCUT2D eigenvalue weighted by molar-refractivity contribution is 7.92. The summed E-state index contributed by atoms with van der Waals surface area (Å²) >= 11 is 1.25. The Kier molecular flexibility index (Phi) is 4.10. The van der Waals surface area contributed by atoms with Crippen molar-refractivity contribution in [2.75, 3.05) is 4.72 Å². The van der Waals surface area contributed by atoms with Crippen molar-refractivity contribution in [3.8, 4) is 10.8 Å². The quantitative estimate of drug-likeness (QED) is 0.759. The molecule has 0 unspecified atom stereocenters. The van der Waals surface area contributed by atoms with Gasteiger partial charge < -0.3 is 4.42 Å². The predicted molar refractivity (Wildman–Crippen MR) is 84.3 cm³/mol. The normalized spacial score (nSPS) is 11.7. The number of hydrogen-bond acceptors (Lipinski definition) is 6. The van der Waals surface area contributed by atoms with Gasteiger partial charge in [0.25, 0.3) is 15.9 Å². The zero-order valence-electron chi connectivity index (χ0n) is 12.5. The molecule has 0 atom stereocenters. The molecule has 2 heterocycles. The first-order valence-corrected chi connectivity index (χ1v) is 8.95. The second-order valence-electron chi connectivity index (χ2n) is 4.89. The minimum absolute atomic E-state index is 0.259. The predicted octanol–water partition coefficient (Wildman–Crippen LogP) is 3.49. The van der Waals surface area contributed by atoms with Crippen LogP contribution in [0.25, 0.3) is 10.8 Å². The second kappa shape index (κ2) is 5.95. The van der Waals surface area contributed by atoms with Crippen LogP contribution in [0.3, 0.4) is 0 Å². The van der Waals surface area contributed by atoms with E-state index in [1.807, 2.05) is 0 Å². The van der Waals surface area contributed by atoms with Gasteiger partial charge in [-0.05, 0) is 25.1 Å². The van der Waals surface area contributed by atoms with Gasteiger partial charge in [0.1, 0.15) is 16.5 Å². The number of halogens is 2. The number of benzene rings is 1. The van der Waals surface area contributed by atoms with Crippen molar-refractivity contribution in [2.24, 2.45) is 0 Å². The molecule has 0 saturated heterocycles. The van der Waals surface area contributed by atoms with E-state index in [4.69, 9.17) is 4.42 Å². The van der Waals surface area contributed by atoms with Crippen LogP contribution in [0, 0.1) is 25.5 Å². The number of aryl methyl sites for hydroxylation is 2. The third-order valence-electron chi connectivity index (χ3n) is 3.08. The van der Waals surface area contributed by atoms with E-state index in [0.29, 0.717) is 21.7 Å². The number of rotatable bonds is 4. The van der Waals surface area contributed by atoms with Crippen LogP contribution >= 0.6 is 11.3 Å². The van der Waals surface area contributed by atoms with Gasteiger partial charge in [0.15, 0.2) is 0 Å². The van der Waals surface area contributed by atoms with Crippen molar-refractivity contribution >= 4 is 27.0 Å². The Morgan fingerprint density at radius 3 is 2.54 bits per heavy atom. The molecule has 2 aromatic heterocycles. The zero-order valence-corrected chi connectivity index (χ0v) is 14.1. The molecule has 3 rings (SSSR count). The van der Waals surface area contributed by atoms with Gasteiger partial charge in [-0.1, -0.05) is 0 Å². The number of nitrogens with zero attached hydrogens (tertiary/aromatic N) is 2. The number of hydrogen-bond donors (Lipinski definition) is 1. The summed E-state index contributed by atoms with van der Waals surface area (Å²) in [5, 5.41) is 7.57. The Labute approximate surface area is 140 Å².